The van der Waals surface area contributed by atoms with E-state index in [1.54, 1.807) is 66.7 Å². The highest BCUT2D eigenvalue weighted by Crippen LogP contribution is 2.18. The van der Waals surface area contributed by atoms with Crippen molar-refractivity contribution in [2.45, 2.75) is 52.6 Å². The van der Waals surface area contributed by atoms with Crippen LogP contribution in [0.5, 0.6) is 0 Å². The number of carbonyl (C=O) groups is 4. The summed E-state index contributed by atoms with van der Waals surface area (Å²) in [5, 5.41) is 2.55. The minimum Gasteiger partial charge on any atom is -0.267 e. The molecule has 3 aromatic carbocycles. The first-order valence-corrected chi connectivity index (χ1v) is 12.3. The van der Waals surface area contributed by atoms with Crippen molar-refractivity contribution < 1.29 is 19.2 Å². The average molecular weight is 515 g/mol. The van der Waals surface area contributed by atoms with Gasteiger partial charge in [-0.2, -0.15) is 0 Å². The standard InChI is InChI=1S/C30H34N4O4/c1-29(2,3)33(27(37)21-14-9-7-10-15-21)31-25(35)23-18-13-19-24(20-23)26(36)32-34(30(4,5)6)28(38)22-16-11-8-12-17-22/h7-20H,1-6H3,(H,31,35)(H,32,36). The van der Waals surface area contributed by atoms with Gasteiger partial charge in [-0.15, -0.1) is 0 Å². The Labute approximate surface area is 223 Å². The van der Waals surface area contributed by atoms with Crippen molar-refractivity contribution in [2.24, 2.45) is 0 Å². The molecule has 3 rings (SSSR count). The van der Waals surface area contributed by atoms with Gasteiger partial charge < -0.3 is 0 Å². The number of benzene rings is 3. The van der Waals surface area contributed by atoms with E-state index in [9.17, 15) is 19.2 Å². The van der Waals surface area contributed by atoms with Crippen molar-refractivity contribution in [3.8, 4) is 0 Å². The SMILES string of the molecule is CC(C)(C)N(NC(=O)c1cccc(C(=O)NN(C(=O)c2ccccc2)C(C)(C)C)c1)C(=O)c1ccccc1. The molecule has 0 spiro atoms. The van der Waals surface area contributed by atoms with Gasteiger partial charge in [0.1, 0.15) is 0 Å². The average Bonchev–Trinajstić information content (AvgIpc) is 2.89. The minimum atomic E-state index is -0.720. The predicted molar refractivity (Wildman–Crippen MR) is 146 cm³/mol. The maximum atomic E-state index is 13.2. The molecule has 0 aliphatic carbocycles. The second-order valence-electron chi connectivity index (χ2n) is 10.8. The Morgan fingerprint density at radius 1 is 0.500 bits per heavy atom. The molecular formula is C30H34N4O4. The Bertz CT molecular complexity index is 1210. The van der Waals surface area contributed by atoms with Gasteiger partial charge in [-0.05, 0) is 84.0 Å². The zero-order chi connectivity index (χ0) is 28.1. The van der Waals surface area contributed by atoms with E-state index in [2.05, 4.69) is 10.9 Å². The molecule has 4 amide bonds. The van der Waals surface area contributed by atoms with E-state index in [-0.39, 0.29) is 22.9 Å². The van der Waals surface area contributed by atoms with Crippen LogP contribution in [0.2, 0.25) is 0 Å². The van der Waals surface area contributed by atoms with E-state index < -0.39 is 22.9 Å². The van der Waals surface area contributed by atoms with Gasteiger partial charge in [0.15, 0.2) is 0 Å². The fourth-order valence-electron chi connectivity index (χ4n) is 3.60. The largest absolute Gasteiger partial charge is 0.272 e. The van der Waals surface area contributed by atoms with E-state index in [1.165, 1.54) is 16.1 Å². The first-order valence-electron chi connectivity index (χ1n) is 12.3. The van der Waals surface area contributed by atoms with Gasteiger partial charge in [-0.1, -0.05) is 42.5 Å². The predicted octanol–water partition coefficient (Wildman–Crippen LogP) is 4.86. The molecular weight excluding hydrogens is 480 g/mol. The van der Waals surface area contributed by atoms with E-state index in [0.29, 0.717) is 11.1 Å². The first-order chi connectivity index (χ1) is 17.8. The quantitative estimate of drug-likeness (QED) is 0.486. The van der Waals surface area contributed by atoms with Crippen LogP contribution in [0.4, 0.5) is 0 Å². The molecule has 0 saturated heterocycles. The Morgan fingerprint density at radius 2 is 0.816 bits per heavy atom. The van der Waals surface area contributed by atoms with Gasteiger partial charge >= 0.3 is 0 Å². The molecule has 2 N–H and O–H groups in total. The monoisotopic (exact) mass is 514 g/mol. The normalized spacial score (nSPS) is 11.3. The van der Waals surface area contributed by atoms with Crippen LogP contribution < -0.4 is 10.9 Å². The van der Waals surface area contributed by atoms with Crippen molar-refractivity contribution in [3.63, 3.8) is 0 Å². The molecule has 0 fully saturated rings. The van der Waals surface area contributed by atoms with Crippen LogP contribution in [0.1, 0.15) is 83.0 Å². The zero-order valence-electron chi connectivity index (χ0n) is 22.6. The molecule has 8 nitrogen and oxygen atoms in total. The number of rotatable bonds is 4. The van der Waals surface area contributed by atoms with Gasteiger partial charge in [0.2, 0.25) is 0 Å². The van der Waals surface area contributed by atoms with Crippen molar-refractivity contribution in [1.29, 1.82) is 0 Å². The summed E-state index contributed by atoms with van der Waals surface area (Å²) in [7, 11) is 0. The van der Waals surface area contributed by atoms with Crippen molar-refractivity contribution >= 4 is 23.6 Å². The highest BCUT2D eigenvalue weighted by Gasteiger charge is 2.31. The van der Waals surface area contributed by atoms with Crippen molar-refractivity contribution in [3.05, 3.63) is 107 Å². The third-order valence-electron chi connectivity index (χ3n) is 5.60. The molecule has 0 bridgehead atoms. The number of carbonyl (C=O) groups excluding carboxylic acids is 4. The number of nitrogens with zero attached hydrogens (tertiary/aromatic N) is 2. The number of hydrogen-bond donors (Lipinski definition) is 2. The van der Waals surface area contributed by atoms with Gasteiger partial charge in [0.05, 0.1) is 11.1 Å². The Morgan fingerprint density at radius 3 is 1.13 bits per heavy atom. The summed E-state index contributed by atoms with van der Waals surface area (Å²) >= 11 is 0. The van der Waals surface area contributed by atoms with E-state index in [1.807, 2.05) is 53.7 Å². The Balaban J connectivity index is 1.82. The van der Waals surface area contributed by atoms with E-state index in [0.717, 1.165) is 0 Å². The summed E-state index contributed by atoms with van der Waals surface area (Å²) in [5.41, 5.74) is 5.18. The van der Waals surface area contributed by atoms with Gasteiger partial charge in [-0.3, -0.25) is 30.0 Å². The molecule has 0 radical (unpaired) electrons. The Kier molecular flexibility index (Phi) is 8.36. The molecule has 0 aromatic heterocycles. The third-order valence-corrected chi connectivity index (χ3v) is 5.60. The van der Waals surface area contributed by atoms with Crippen LogP contribution in [-0.4, -0.2) is 44.7 Å². The molecule has 8 heteroatoms. The minimum absolute atomic E-state index is 0.185. The van der Waals surface area contributed by atoms with Crippen molar-refractivity contribution in [2.75, 3.05) is 0 Å². The summed E-state index contributed by atoms with van der Waals surface area (Å²) in [6.07, 6.45) is 0. The fourth-order valence-corrected chi connectivity index (χ4v) is 3.60. The fraction of sp³-hybridized carbons (Fsp3) is 0.267. The van der Waals surface area contributed by atoms with Gasteiger partial charge in [0, 0.05) is 22.3 Å². The summed E-state index contributed by atoms with van der Waals surface area (Å²) < 4.78 is 0. The lowest BCUT2D eigenvalue weighted by Gasteiger charge is -2.36. The second-order valence-corrected chi connectivity index (χ2v) is 10.8. The summed E-state index contributed by atoms with van der Waals surface area (Å²) in [6, 6.07) is 23.4. The van der Waals surface area contributed by atoms with Crippen LogP contribution in [0.3, 0.4) is 0 Å². The number of hydrogen-bond acceptors (Lipinski definition) is 4. The zero-order valence-corrected chi connectivity index (χ0v) is 22.6. The maximum absolute atomic E-state index is 13.2. The highest BCUT2D eigenvalue weighted by molar-refractivity contribution is 6.03. The first kappa shape index (κ1) is 28.1. The smallest absolute Gasteiger partial charge is 0.267 e. The number of nitrogens with one attached hydrogen (secondary N) is 2. The lowest BCUT2D eigenvalue weighted by atomic mass is 10.1. The topological polar surface area (TPSA) is 98.8 Å². The third kappa shape index (κ3) is 6.85. The van der Waals surface area contributed by atoms with Crippen LogP contribution >= 0.6 is 0 Å². The molecule has 3 aromatic rings. The molecule has 0 heterocycles. The molecule has 198 valence electrons. The lowest BCUT2D eigenvalue weighted by molar-refractivity contribution is 0.0357. The van der Waals surface area contributed by atoms with Crippen LogP contribution in [0.25, 0.3) is 0 Å². The van der Waals surface area contributed by atoms with Gasteiger partial charge in [-0.25, -0.2) is 10.0 Å². The molecule has 38 heavy (non-hydrogen) atoms. The maximum Gasteiger partial charge on any atom is 0.272 e. The summed E-state index contributed by atoms with van der Waals surface area (Å²) in [5.74, 6) is -1.82. The van der Waals surface area contributed by atoms with Gasteiger partial charge in [0.25, 0.3) is 23.6 Å². The molecule has 0 aliphatic rings. The Hall–Kier alpha value is -4.46. The van der Waals surface area contributed by atoms with E-state index in [4.69, 9.17) is 0 Å². The van der Waals surface area contributed by atoms with Crippen LogP contribution in [0, 0.1) is 0 Å². The summed E-state index contributed by atoms with van der Waals surface area (Å²) in [6.45, 7) is 10.9. The van der Waals surface area contributed by atoms with E-state index >= 15 is 0 Å². The highest BCUT2D eigenvalue weighted by atomic mass is 16.2. The molecule has 0 saturated carbocycles. The number of hydrazine groups is 2. The van der Waals surface area contributed by atoms with Crippen LogP contribution in [-0.2, 0) is 0 Å². The number of amides is 4. The van der Waals surface area contributed by atoms with Crippen molar-refractivity contribution in [1.82, 2.24) is 20.9 Å². The summed E-state index contributed by atoms with van der Waals surface area (Å²) in [4.78, 5) is 52.6. The molecule has 0 atom stereocenters. The molecule has 0 aliphatic heterocycles. The lowest BCUT2D eigenvalue weighted by Crippen LogP contribution is -2.56. The second kappa shape index (κ2) is 11.3. The molecule has 0 unspecified atom stereocenters. The van der Waals surface area contributed by atoms with Crippen LogP contribution in [0.15, 0.2) is 84.9 Å².